The molecular weight excluding hydrogens is 422 g/mol. The van der Waals surface area contributed by atoms with Gasteiger partial charge in [-0.2, -0.15) is 0 Å². The van der Waals surface area contributed by atoms with Gasteiger partial charge in [-0.15, -0.1) is 11.3 Å². The highest BCUT2D eigenvalue weighted by Crippen LogP contribution is 2.23. The quantitative estimate of drug-likeness (QED) is 0.451. The van der Waals surface area contributed by atoms with Crippen molar-refractivity contribution < 1.29 is 17.6 Å². The predicted octanol–water partition coefficient (Wildman–Crippen LogP) is 4.13. The van der Waals surface area contributed by atoms with Crippen molar-refractivity contribution in [3.63, 3.8) is 0 Å². The number of rotatable bonds is 7. The Balaban J connectivity index is 1.49. The van der Waals surface area contributed by atoms with Crippen LogP contribution in [0.5, 0.6) is 0 Å². The van der Waals surface area contributed by atoms with Crippen LogP contribution < -0.4 is 10.0 Å². The van der Waals surface area contributed by atoms with Gasteiger partial charge < -0.3 is 9.73 Å². The summed E-state index contributed by atoms with van der Waals surface area (Å²) in [6.45, 7) is 0.199. The van der Waals surface area contributed by atoms with E-state index in [4.69, 9.17) is 4.42 Å². The van der Waals surface area contributed by atoms with E-state index in [2.05, 4.69) is 15.0 Å². The fraction of sp³-hybridized carbons (Fsp3) is 0.0476. The lowest BCUT2D eigenvalue weighted by Gasteiger charge is -2.09. The molecule has 4 rings (SSSR count). The monoisotopic (exact) mass is 439 g/mol. The van der Waals surface area contributed by atoms with Crippen molar-refractivity contribution in [2.75, 3.05) is 5.32 Å². The first-order valence-electron chi connectivity index (χ1n) is 8.94. The molecule has 2 N–H and O–H groups in total. The zero-order valence-corrected chi connectivity index (χ0v) is 17.2. The van der Waals surface area contributed by atoms with Crippen LogP contribution in [0.2, 0.25) is 0 Å². The Morgan fingerprint density at radius 2 is 1.93 bits per heavy atom. The molecule has 0 aliphatic heterocycles. The van der Waals surface area contributed by atoms with Crippen LogP contribution >= 0.6 is 11.3 Å². The standard InChI is InChI=1S/C21H17N3O4S2/c25-21(24-17-6-1-4-15(10-17)20-13-22-14-28-20)16-5-2-8-19(11-16)30(26,27)23-12-18-7-3-9-29-18/h1-11,13-14,23H,12H2,(H,24,25). The zero-order valence-electron chi connectivity index (χ0n) is 15.6. The molecule has 2 aromatic carbocycles. The normalized spacial score (nSPS) is 11.3. The molecule has 2 aromatic heterocycles. The van der Waals surface area contributed by atoms with Gasteiger partial charge in [0.05, 0.1) is 11.1 Å². The van der Waals surface area contributed by atoms with E-state index in [-0.39, 0.29) is 17.0 Å². The first-order valence-corrected chi connectivity index (χ1v) is 11.3. The van der Waals surface area contributed by atoms with E-state index < -0.39 is 15.9 Å². The van der Waals surface area contributed by atoms with Gasteiger partial charge in [0.1, 0.15) is 0 Å². The van der Waals surface area contributed by atoms with Crippen LogP contribution in [0.1, 0.15) is 15.2 Å². The minimum absolute atomic E-state index is 0.0297. The van der Waals surface area contributed by atoms with E-state index in [1.807, 2.05) is 23.6 Å². The summed E-state index contributed by atoms with van der Waals surface area (Å²) in [6.07, 6.45) is 2.91. The van der Waals surface area contributed by atoms with Crippen LogP contribution in [0.4, 0.5) is 5.69 Å². The molecule has 0 bridgehead atoms. The van der Waals surface area contributed by atoms with Gasteiger partial charge in [-0.3, -0.25) is 4.79 Å². The highest BCUT2D eigenvalue weighted by molar-refractivity contribution is 7.89. The van der Waals surface area contributed by atoms with E-state index in [0.717, 1.165) is 10.4 Å². The number of thiophene rings is 1. The summed E-state index contributed by atoms with van der Waals surface area (Å²) in [6, 6.07) is 16.7. The zero-order chi connectivity index (χ0) is 21.0. The van der Waals surface area contributed by atoms with Crippen LogP contribution in [0.3, 0.4) is 0 Å². The molecule has 0 unspecified atom stereocenters. The van der Waals surface area contributed by atoms with Crippen LogP contribution in [-0.2, 0) is 16.6 Å². The molecule has 0 saturated carbocycles. The molecule has 0 aliphatic rings. The second-order valence-electron chi connectivity index (χ2n) is 6.33. The largest absolute Gasteiger partial charge is 0.444 e. The molecule has 1 amide bonds. The van der Waals surface area contributed by atoms with Crippen LogP contribution in [0, 0.1) is 0 Å². The Kier molecular flexibility index (Phi) is 5.75. The van der Waals surface area contributed by atoms with Gasteiger partial charge in [0.15, 0.2) is 12.2 Å². The number of benzene rings is 2. The number of oxazole rings is 1. The van der Waals surface area contributed by atoms with Gasteiger partial charge in [-0.1, -0.05) is 24.3 Å². The third kappa shape index (κ3) is 4.65. The van der Waals surface area contributed by atoms with Crippen LogP contribution in [0.25, 0.3) is 11.3 Å². The lowest BCUT2D eigenvalue weighted by atomic mass is 10.1. The van der Waals surface area contributed by atoms with Crippen molar-refractivity contribution in [1.82, 2.24) is 9.71 Å². The second kappa shape index (κ2) is 8.62. The molecule has 4 aromatic rings. The molecule has 0 radical (unpaired) electrons. The molecule has 152 valence electrons. The minimum Gasteiger partial charge on any atom is -0.444 e. The highest BCUT2D eigenvalue weighted by atomic mass is 32.2. The van der Waals surface area contributed by atoms with Crippen molar-refractivity contribution in [1.29, 1.82) is 0 Å². The number of aromatic nitrogens is 1. The number of anilines is 1. The first-order chi connectivity index (χ1) is 14.5. The summed E-state index contributed by atoms with van der Waals surface area (Å²) < 4.78 is 33.0. The van der Waals surface area contributed by atoms with Crippen molar-refractivity contribution in [3.8, 4) is 11.3 Å². The number of hydrogen-bond donors (Lipinski definition) is 2. The Bertz CT molecular complexity index is 1250. The van der Waals surface area contributed by atoms with Crippen LogP contribution in [0.15, 0.2) is 87.9 Å². The van der Waals surface area contributed by atoms with Gasteiger partial charge in [-0.25, -0.2) is 18.1 Å². The summed E-state index contributed by atoms with van der Waals surface area (Å²) in [4.78, 5) is 17.5. The molecule has 7 nitrogen and oxygen atoms in total. The molecule has 30 heavy (non-hydrogen) atoms. The third-order valence-electron chi connectivity index (χ3n) is 4.26. The van der Waals surface area contributed by atoms with Gasteiger partial charge >= 0.3 is 0 Å². The van der Waals surface area contributed by atoms with Crippen molar-refractivity contribution in [2.45, 2.75) is 11.4 Å². The highest BCUT2D eigenvalue weighted by Gasteiger charge is 2.17. The Morgan fingerprint density at radius 1 is 1.07 bits per heavy atom. The lowest BCUT2D eigenvalue weighted by Crippen LogP contribution is -2.23. The van der Waals surface area contributed by atoms with E-state index in [1.165, 1.54) is 29.9 Å². The second-order valence-corrected chi connectivity index (χ2v) is 9.13. The minimum atomic E-state index is -3.74. The number of nitrogens with one attached hydrogen (secondary N) is 2. The fourth-order valence-corrected chi connectivity index (χ4v) is 4.57. The number of sulfonamides is 1. The number of nitrogens with zero attached hydrogens (tertiary/aromatic N) is 1. The van der Waals surface area contributed by atoms with E-state index in [0.29, 0.717) is 11.4 Å². The van der Waals surface area contributed by atoms with Gasteiger partial charge in [-0.05, 0) is 41.8 Å². The van der Waals surface area contributed by atoms with Gasteiger partial charge in [0, 0.05) is 28.2 Å². The average Bonchev–Trinajstić information content (AvgIpc) is 3.47. The number of amides is 1. The smallest absolute Gasteiger partial charge is 0.255 e. The predicted molar refractivity (Wildman–Crippen MR) is 115 cm³/mol. The fourth-order valence-electron chi connectivity index (χ4n) is 2.78. The van der Waals surface area contributed by atoms with Crippen molar-refractivity contribution in [3.05, 3.63) is 89.1 Å². The van der Waals surface area contributed by atoms with Gasteiger partial charge in [0.25, 0.3) is 5.91 Å². The summed E-state index contributed by atoms with van der Waals surface area (Å²) in [7, 11) is -3.74. The maximum absolute atomic E-state index is 12.7. The van der Waals surface area contributed by atoms with E-state index >= 15 is 0 Å². The number of carbonyl (C=O) groups is 1. The average molecular weight is 440 g/mol. The molecule has 0 aliphatic carbocycles. The molecule has 0 saturated heterocycles. The van der Waals surface area contributed by atoms with Crippen molar-refractivity contribution in [2.24, 2.45) is 0 Å². The molecular formula is C21H17N3O4S2. The number of hydrogen-bond acceptors (Lipinski definition) is 6. The maximum atomic E-state index is 12.7. The molecule has 0 fully saturated rings. The molecule has 2 heterocycles. The maximum Gasteiger partial charge on any atom is 0.255 e. The first kappa shape index (κ1) is 20.0. The summed E-state index contributed by atoms with van der Waals surface area (Å²) in [5.74, 6) is 0.163. The SMILES string of the molecule is O=C(Nc1cccc(-c2cnco2)c1)c1cccc(S(=O)(=O)NCc2cccs2)c1. The Morgan fingerprint density at radius 3 is 2.70 bits per heavy atom. The topological polar surface area (TPSA) is 101 Å². The Labute approximate surface area is 177 Å². The third-order valence-corrected chi connectivity index (χ3v) is 6.54. The van der Waals surface area contributed by atoms with Gasteiger partial charge in [0.2, 0.25) is 10.0 Å². The number of carbonyl (C=O) groups excluding carboxylic acids is 1. The molecule has 9 heteroatoms. The van der Waals surface area contributed by atoms with Crippen LogP contribution in [-0.4, -0.2) is 19.3 Å². The van der Waals surface area contributed by atoms with E-state index in [1.54, 1.807) is 36.5 Å². The molecule has 0 atom stereocenters. The lowest BCUT2D eigenvalue weighted by molar-refractivity contribution is 0.102. The molecule has 0 spiro atoms. The Hall–Kier alpha value is -3.27. The summed E-state index contributed by atoms with van der Waals surface area (Å²) >= 11 is 1.47. The van der Waals surface area contributed by atoms with Crippen molar-refractivity contribution >= 4 is 33.0 Å². The summed E-state index contributed by atoms with van der Waals surface area (Å²) in [5.41, 5.74) is 1.55. The van der Waals surface area contributed by atoms with E-state index in [9.17, 15) is 13.2 Å². The summed E-state index contributed by atoms with van der Waals surface area (Å²) in [5, 5.41) is 4.66.